The Hall–Kier alpha value is -2.64. The van der Waals surface area contributed by atoms with E-state index in [4.69, 9.17) is 11.6 Å². The van der Waals surface area contributed by atoms with E-state index in [1.54, 1.807) is 19.5 Å². The minimum Gasteiger partial charge on any atom is -0.371 e. The molecule has 8 nitrogen and oxygen atoms in total. The zero-order chi connectivity index (χ0) is 27.6. The third-order valence-corrected chi connectivity index (χ3v) is 9.65. The molecule has 2 N–H and O–H groups in total. The molecule has 0 saturated carbocycles. The summed E-state index contributed by atoms with van der Waals surface area (Å²) < 4.78 is 12.3. The lowest BCUT2D eigenvalue weighted by atomic mass is 10.0. The lowest BCUT2D eigenvalue weighted by Crippen LogP contribution is -2.52. The van der Waals surface area contributed by atoms with Gasteiger partial charge in [0.25, 0.3) is 0 Å². The van der Waals surface area contributed by atoms with Gasteiger partial charge in [-0.1, -0.05) is 11.6 Å². The predicted octanol–water partition coefficient (Wildman–Crippen LogP) is 5.39. The van der Waals surface area contributed by atoms with E-state index in [-0.39, 0.29) is 0 Å². The van der Waals surface area contributed by atoms with Crippen molar-refractivity contribution in [2.75, 3.05) is 75.2 Å². The van der Waals surface area contributed by atoms with Gasteiger partial charge in [-0.05, 0) is 88.2 Å². The molecule has 208 valence electrons. The van der Waals surface area contributed by atoms with Gasteiger partial charge in [-0.3, -0.25) is 4.90 Å². The van der Waals surface area contributed by atoms with Crippen LogP contribution >= 0.6 is 18.7 Å². The van der Waals surface area contributed by atoms with Crippen molar-refractivity contribution >= 4 is 52.9 Å². The number of piperidine rings is 1. The first-order valence-corrected chi connectivity index (χ1v) is 16.6. The van der Waals surface area contributed by atoms with Crippen molar-refractivity contribution in [1.82, 2.24) is 19.8 Å². The number of benzene rings is 2. The summed E-state index contributed by atoms with van der Waals surface area (Å²) in [6.45, 7) is 12.6. The highest BCUT2D eigenvalue weighted by Gasteiger charge is 2.27. The predicted molar refractivity (Wildman–Crippen MR) is 165 cm³/mol. The van der Waals surface area contributed by atoms with E-state index in [1.807, 2.05) is 24.3 Å². The molecule has 2 saturated heterocycles. The topological polar surface area (TPSA) is 76.6 Å². The molecule has 2 aromatic carbocycles. The van der Waals surface area contributed by atoms with E-state index in [9.17, 15) is 4.57 Å². The molecule has 0 atom stereocenters. The number of nitrogens with one attached hydrogen (secondary N) is 2. The maximum absolute atomic E-state index is 12.3. The number of aryl methyl sites for hydroxylation is 1. The largest absolute Gasteiger partial charge is 0.371 e. The SMILES string of the molecule is Cc1cc(N2CCC(N3CCN(C)CC3)CC2)ccc1Nc1ncc(Cl)c(Nc2ccc(P(C)(C)=O)cc2)n1. The highest BCUT2D eigenvalue weighted by molar-refractivity contribution is 7.70. The molecule has 3 aromatic rings. The molecule has 2 fully saturated rings. The first-order valence-electron chi connectivity index (χ1n) is 13.7. The summed E-state index contributed by atoms with van der Waals surface area (Å²) in [4.78, 5) is 16.6. The summed E-state index contributed by atoms with van der Waals surface area (Å²) in [5, 5.41) is 7.86. The van der Waals surface area contributed by atoms with Crippen molar-refractivity contribution in [2.24, 2.45) is 0 Å². The number of likely N-dealkylation sites (N-methyl/N-ethyl adjacent to an activating group) is 1. The highest BCUT2D eigenvalue weighted by Crippen LogP contribution is 2.35. The van der Waals surface area contributed by atoms with Crippen LogP contribution in [0.15, 0.2) is 48.7 Å². The summed E-state index contributed by atoms with van der Waals surface area (Å²) in [5.41, 5.74) is 4.18. The standard InChI is InChI=1S/C29H39ClN7OP/c1-21-19-24(36-13-11-23(12-14-36)37-17-15-35(2)16-18-37)7-10-27(21)33-29-31-20-26(30)28(34-29)32-22-5-8-25(9-6-22)39(3,4)38/h5-10,19-20,23H,11-18H2,1-4H3,(H2,31,32,33,34). The van der Waals surface area contributed by atoms with Gasteiger partial charge in [0.1, 0.15) is 12.2 Å². The smallest absolute Gasteiger partial charge is 0.229 e. The number of halogens is 1. The number of aromatic nitrogens is 2. The lowest BCUT2D eigenvalue weighted by Gasteiger charge is -2.42. The fraction of sp³-hybridized carbons (Fsp3) is 0.448. The Balaban J connectivity index is 1.21. The van der Waals surface area contributed by atoms with Gasteiger partial charge in [-0.2, -0.15) is 4.98 Å². The van der Waals surface area contributed by atoms with Crippen LogP contribution < -0.4 is 20.8 Å². The van der Waals surface area contributed by atoms with Gasteiger partial charge in [0.2, 0.25) is 5.95 Å². The Labute approximate surface area is 237 Å². The van der Waals surface area contributed by atoms with Crippen LogP contribution in [0.25, 0.3) is 0 Å². The minimum atomic E-state index is -2.30. The van der Waals surface area contributed by atoms with Gasteiger partial charge in [0.05, 0.1) is 6.20 Å². The number of anilines is 5. The molecule has 0 unspecified atom stereocenters. The van der Waals surface area contributed by atoms with E-state index in [0.29, 0.717) is 22.8 Å². The second kappa shape index (κ2) is 11.8. The average molecular weight is 568 g/mol. The molecule has 2 aliphatic heterocycles. The number of nitrogens with zero attached hydrogens (tertiary/aromatic N) is 5. The minimum absolute atomic E-state index is 0.424. The van der Waals surface area contributed by atoms with Crippen molar-refractivity contribution < 1.29 is 4.57 Å². The number of piperazine rings is 1. The van der Waals surface area contributed by atoms with Crippen LogP contribution in [-0.4, -0.2) is 85.5 Å². The van der Waals surface area contributed by atoms with Crippen LogP contribution in [0.3, 0.4) is 0 Å². The molecule has 1 aromatic heterocycles. The molecule has 2 aliphatic rings. The summed E-state index contributed by atoms with van der Waals surface area (Å²) in [5.74, 6) is 0.976. The van der Waals surface area contributed by atoms with Crippen molar-refractivity contribution in [3.63, 3.8) is 0 Å². The highest BCUT2D eigenvalue weighted by atomic mass is 35.5. The van der Waals surface area contributed by atoms with Gasteiger partial charge in [0.15, 0.2) is 5.82 Å². The fourth-order valence-corrected chi connectivity index (χ4v) is 6.34. The van der Waals surface area contributed by atoms with E-state index < -0.39 is 7.14 Å². The Morgan fingerprint density at radius 3 is 2.28 bits per heavy atom. The molecule has 39 heavy (non-hydrogen) atoms. The number of hydrogen-bond acceptors (Lipinski definition) is 8. The van der Waals surface area contributed by atoms with Crippen LogP contribution in [0.2, 0.25) is 5.02 Å². The molecule has 0 amide bonds. The molecule has 0 aliphatic carbocycles. The second-order valence-electron chi connectivity index (χ2n) is 11.1. The zero-order valence-electron chi connectivity index (χ0n) is 23.3. The first kappa shape index (κ1) is 27.9. The zero-order valence-corrected chi connectivity index (χ0v) is 25.0. The van der Waals surface area contributed by atoms with E-state index in [0.717, 1.165) is 35.3 Å². The Bertz CT molecular complexity index is 1330. The Kier molecular flexibility index (Phi) is 8.48. The van der Waals surface area contributed by atoms with Crippen LogP contribution in [0.4, 0.5) is 28.8 Å². The monoisotopic (exact) mass is 567 g/mol. The van der Waals surface area contributed by atoms with Gasteiger partial charge < -0.3 is 25.0 Å². The second-order valence-corrected chi connectivity index (χ2v) is 14.7. The lowest BCUT2D eigenvalue weighted by molar-refractivity contribution is 0.0982. The summed E-state index contributed by atoms with van der Waals surface area (Å²) in [6, 6.07) is 14.8. The van der Waals surface area contributed by atoms with Crippen molar-refractivity contribution in [3.05, 3.63) is 59.2 Å². The Morgan fingerprint density at radius 2 is 1.64 bits per heavy atom. The summed E-state index contributed by atoms with van der Waals surface area (Å²) in [6.07, 6.45) is 4.03. The first-order chi connectivity index (χ1) is 18.7. The fourth-order valence-electron chi connectivity index (χ4n) is 5.34. The van der Waals surface area contributed by atoms with Crippen molar-refractivity contribution in [1.29, 1.82) is 0 Å². The van der Waals surface area contributed by atoms with Crippen LogP contribution in [0, 0.1) is 6.92 Å². The van der Waals surface area contributed by atoms with E-state index >= 15 is 0 Å². The third kappa shape index (κ3) is 6.93. The molecule has 3 heterocycles. The summed E-state index contributed by atoms with van der Waals surface area (Å²) >= 11 is 6.39. The molecule has 0 spiro atoms. The molecule has 5 rings (SSSR count). The van der Waals surface area contributed by atoms with Gasteiger partial charge in [-0.15, -0.1) is 0 Å². The summed E-state index contributed by atoms with van der Waals surface area (Å²) in [7, 11) is -0.0841. The van der Waals surface area contributed by atoms with Crippen molar-refractivity contribution in [3.8, 4) is 0 Å². The van der Waals surface area contributed by atoms with Gasteiger partial charge in [-0.25, -0.2) is 4.98 Å². The maximum Gasteiger partial charge on any atom is 0.229 e. The van der Waals surface area contributed by atoms with Gasteiger partial charge >= 0.3 is 0 Å². The Morgan fingerprint density at radius 1 is 0.949 bits per heavy atom. The number of rotatable bonds is 7. The van der Waals surface area contributed by atoms with Crippen LogP contribution in [-0.2, 0) is 4.57 Å². The van der Waals surface area contributed by atoms with Crippen LogP contribution in [0.5, 0.6) is 0 Å². The molecule has 10 heteroatoms. The molecule has 0 bridgehead atoms. The molecular weight excluding hydrogens is 529 g/mol. The van der Waals surface area contributed by atoms with Gasteiger partial charge in [0, 0.05) is 67.7 Å². The molecule has 0 radical (unpaired) electrons. The number of hydrogen-bond donors (Lipinski definition) is 2. The third-order valence-electron chi connectivity index (χ3n) is 7.84. The van der Waals surface area contributed by atoms with Crippen molar-refractivity contribution in [2.45, 2.75) is 25.8 Å². The quantitative estimate of drug-likeness (QED) is 0.368. The van der Waals surface area contributed by atoms with E-state index in [2.05, 4.69) is 67.5 Å². The average Bonchev–Trinajstić information content (AvgIpc) is 2.92. The van der Waals surface area contributed by atoms with Crippen LogP contribution in [0.1, 0.15) is 18.4 Å². The molecular formula is C29H39ClN7OP. The normalized spacial score (nSPS) is 17.8. The maximum atomic E-state index is 12.3. The van der Waals surface area contributed by atoms with E-state index in [1.165, 1.54) is 44.7 Å².